The standard InChI is InChI=1S/C18H18N2/c1-3-13-7-6-10-16-14-8-4-5-9-15(14)17-11-12-19(2)20(17)18(13)16/h4-11H,3,12H2,1-2H3. The molecule has 2 aromatic rings. The lowest BCUT2D eigenvalue weighted by Crippen LogP contribution is -2.36. The van der Waals surface area contributed by atoms with Crippen LogP contribution in [0, 0.1) is 0 Å². The number of benzene rings is 2. The Morgan fingerprint density at radius 1 is 0.950 bits per heavy atom. The van der Waals surface area contributed by atoms with Gasteiger partial charge in [-0.2, -0.15) is 0 Å². The predicted octanol–water partition coefficient (Wildman–Crippen LogP) is 3.94. The van der Waals surface area contributed by atoms with Gasteiger partial charge in [-0.3, -0.25) is 5.01 Å². The van der Waals surface area contributed by atoms with Crippen LogP contribution < -0.4 is 5.01 Å². The molecule has 0 aromatic heterocycles. The summed E-state index contributed by atoms with van der Waals surface area (Å²) in [7, 11) is 2.16. The smallest absolute Gasteiger partial charge is 0.0690 e. The molecule has 0 radical (unpaired) electrons. The fraction of sp³-hybridized carbons (Fsp3) is 0.222. The molecule has 2 aliphatic heterocycles. The monoisotopic (exact) mass is 262 g/mol. The van der Waals surface area contributed by atoms with E-state index in [9.17, 15) is 0 Å². The van der Waals surface area contributed by atoms with Crippen molar-refractivity contribution in [3.05, 3.63) is 59.7 Å². The molecule has 0 unspecified atom stereocenters. The quantitative estimate of drug-likeness (QED) is 0.768. The molecule has 0 aliphatic carbocycles. The molecule has 2 aromatic carbocycles. The molecular weight excluding hydrogens is 244 g/mol. The topological polar surface area (TPSA) is 6.48 Å². The summed E-state index contributed by atoms with van der Waals surface area (Å²) in [6.07, 6.45) is 3.39. The van der Waals surface area contributed by atoms with Gasteiger partial charge in [-0.15, -0.1) is 0 Å². The molecule has 0 N–H and O–H groups in total. The molecule has 20 heavy (non-hydrogen) atoms. The number of rotatable bonds is 1. The Morgan fingerprint density at radius 3 is 2.50 bits per heavy atom. The summed E-state index contributed by atoms with van der Waals surface area (Å²) in [5.41, 5.74) is 8.16. The van der Waals surface area contributed by atoms with Crippen LogP contribution in [0.5, 0.6) is 0 Å². The molecule has 2 heteroatoms. The lowest BCUT2D eigenvalue weighted by Gasteiger charge is -2.37. The molecule has 0 fully saturated rings. The number of fused-ring (bicyclic) bond motifs is 6. The molecule has 4 rings (SSSR count). The molecular formula is C18H18N2. The van der Waals surface area contributed by atoms with E-state index in [0.29, 0.717) is 0 Å². The zero-order chi connectivity index (χ0) is 13.7. The Morgan fingerprint density at radius 2 is 1.70 bits per heavy atom. The summed E-state index contributed by atoms with van der Waals surface area (Å²) in [4.78, 5) is 0. The maximum atomic E-state index is 2.39. The molecule has 0 saturated carbocycles. The maximum Gasteiger partial charge on any atom is 0.0690 e. The van der Waals surface area contributed by atoms with Gasteiger partial charge in [-0.1, -0.05) is 49.4 Å². The van der Waals surface area contributed by atoms with Crippen molar-refractivity contribution in [1.82, 2.24) is 5.01 Å². The highest BCUT2D eigenvalue weighted by molar-refractivity contribution is 6.00. The van der Waals surface area contributed by atoms with Crippen molar-refractivity contribution in [2.75, 3.05) is 18.6 Å². The largest absolute Gasteiger partial charge is 0.273 e. The summed E-state index contributed by atoms with van der Waals surface area (Å²) < 4.78 is 0. The Hall–Kier alpha value is -2.06. The van der Waals surface area contributed by atoms with Crippen molar-refractivity contribution >= 4 is 11.4 Å². The normalized spacial score (nSPS) is 16.5. The van der Waals surface area contributed by atoms with Gasteiger partial charge >= 0.3 is 0 Å². The predicted molar refractivity (Wildman–Crippen MR) is 84.3 cm³/mol. The second-order valence-corrected chi connectivity index (χ2v) is 5.45. The highest BCUT2D eigenvalue weighted by Crippen LogP contribution is 2.47. The third kappa shape index (κ3) is 1.43. The van der Waals surface area contributed by atoms with Crippen molar-refractivity contribution < 1.29 is 0 Å². The van der Waals surface area contributed by atoms with Gasteiger partial charge in [0.05, 0.1) is 11.4 Å². The molecule has 2 nitrogen and oxygen atoms in total. The van der Waals surface area contributed by atoms with Crippen molar-refractivity contribution in [2.24, 2.45) is 0 Å². The minimum absolute atomic E-state index is 0.973. The number of hydrogen-bond acceptors (Lipinski definition) is 2. The van der Waals surface area contributed by atoms with E-state index in [1.165, 1.54) is 33.6 Å². The molecule has 0 saturated heterocycles. The van der Waals surface area contributed by atoms with Gasteiger partial charge < -0.3 is 0 Å². The van der Waals surface area contributed by atoms with Crippen LogP contribution in [0.25, 0.3) is 16.8 Å². The lowest BCUT2D eigenvalue weighted by atomic mass is 9.89. The van der Waals surface area contributed by atoms with Crippen molar-refractivity contribution in [3.8, 4) is 11.1 Å². The second kappa shape index (κ2) is 4.22. The first kappa shape index (κ1) is 11.7. The van der Waals surface area contributed by atoms with Crippen LogP contribution in [0.1, 0.15) is 18.1 Å². The van der Waals surface area contributed by atoms with E-state index in [4.69, 9.17) is 0 Å². The summed E-state index contributed by atoms with van der Waals surface area (Å²) >= 11 is 0. The third-order valence-corrected chi connectivity index (χ3v) is 4.32. The van der Waals surface area contributed by atoms with Gasteiger partial charge in [0.15, 0.2) is 0 Å². The molecule has 2 aliphatic rings. The fourth-order valence-corrected chi connectivity index (χ4v) is 3.37. The van der Waals surface area contributed by atoms with Gasteiger partial charge in [0, 0.05) is 24.7 Å². The molecule has 0 spiro atoms. The number of para-hydroxylation sites is 1. The van der Waals surface area contributed by atoms with E-state index >= 15 is 0 Å². The van der Waals surface area contributed by atoms with Crippen LogP contribution >= 0.6 is 0 Å². The second-order valence-electron chi connectivity index (χ2n) is 5.45. The number of hydrogen-bond donors (Lipinski definition) is 0. The van der Waals surface area contributed by atoms with E-state index in [1.807, 2.05) is 0 Å². The van der Waals surface area contributed by atoms with E-state index in [-0.39, 0.29) is 0 Å². The maximum absolute atomic E-state index is 2.39. The first-order valence-electron chi connectivity index (χ1n) is 7.24. The van der Waals surface area contributed by atoms with Crippen LogP contribution in [0.4, 0.5) is 5.69 Å². The zero-order valence-electron chi connectivity index (χ0n) is 11.9. The van der Waals surface area contributed by atoms with Crippen LogP contribution in [-0.4, -0.2) is 18.6 Å². The first-order chi connectivity index (χ1) is 9.81. The van der Waals surface area contributed by atoms with E-state index in [0.717, 1.165) is 13.0 Å². The number of likely N-dealkylation sites (N-methyl/N-ethyl adjacent to an activating group) is 1. The third-order valence-electron chi connectivity index (χ3n) is 4.32. The summed E-state index contributed by atoms with van der Waals surface area (Å²) in [5.74, 6) is 0. The summed E-state index contributed by atoms with van der Waals surface area (Å²) in [6.45, 7) is 3.21. The molecule has 0 atom stereocenters. The number of aryl methyl sites for hydroxylation is 1. The highest BCUT2D eigenvalue weighted by Gasteiger charge is 2.33. The van der Waals surface area contributed by atoms with Crippen LogP contribution in [0.2, 0.25) is 0 Å². The van der Waals surface area contributed by atoms with Gasteiger partial charge in [0.1, 0.15) is 0 Å². The van der Waals surface area contributed by atoms with E-state index in [2.05, 4.69) is 72.5 Å². The van der Waals surface area contributed by atoms with E-state index in [1.54, 1.807) is 0 Å². The van der Waals surface area contributed by atoms with Crippen molar-refractivity contribution in [1.29, 1.82) is 0 Å². The van der Waals surface area contributed by atoms with Crippen LogP contribution in [0.3, 0.4) is 0 Å². The first-order valence-corrected chi connectivity index (χ1v) is 7.24. The van der Waals surface area contributed by atoms with Crippen molar-refractivity contribution in [2.45, 2.75) is 13.3 Å². The lowest BCUT2D eigenvalue weighted by molar-refractivity contribution is 0.400. The average Bonchev–Trinajstić information content (AvgIpc) is 2.89. The van der Waals surface area contributed by atoms with E-state index < -0.39 is 0 Å². The summed E-state index contributed by atoms with van der Waals surface area (Å²) in [5, 5.41) is 4.68. The molecule has 100 valence electrons. The Bertz CT molecular complexity index is 715. The van der Waals surface area contributed by atoms with Gasteiger partial charge in [-0.25, -0.2) is 5.01 Å². The Kier molecular flexibility index (Phi) is 2.48. The Balaban J connectivity index is 2.08. The highest BCUT2D eigenvalue weighted by atomic mass is 15.6. The minimum atomic E-state index is 0.973. The molecule has 2 heterocycles. The summed E-state index contributed by atoms with van der Waals surface area (Å²) in [6, 6.07) is 15.4. The SMILES string of the molecule is CCc1cccc2c1N1C(=CCN1C)c1ccccc1-2. The molecule has 0 amide bonds. The fourth-order valence-electron chi connectivity index (χ4n) is 3.37. The van der Waals surface area contributed by atoms with Crippen LogP contribution in [-0.2, 0) is 6.42 Å². The zero-order valence-corrected chi connectivity index (χ0v) is 11.9. The van der Waals surface area contributed by atoms with Crippen LogP contribution in [0.15, 0.2) is 48.5 Å². The van der Waals surface area contributed by atoms with Gasteiger partial charge in [0.2, 0.25) is 0 Å². The molecule has 0 bridgehead atoms. The minimum Gasteiger partial charge on any atom is -0.273 e. The Labute approximate surface area is 119 Å². The van der Waals surface area contributed by atoms with Crippen molar-refractivity contribution in [3.63, 3.8) is 0 Å². The van der Waals surface area contributed by atoms with Gasteiger partial charge in [0.25, 0.3) is 0 Å². The number of nitrogens with zero attached hydrogens (tertiary/aromatic N) is 2. The van der Waals surface area contributed by atoms with Gasteiger partial charge in [-0.05, 0) is 23.6 Å². The number of anilines is 1. The average molecular weight is 262 g/mol. The number of hydrazine groups is 1.